The van der Waals surface area contributed by atoms with Crippen molar-refractivity contribution in [1.82, 2.24) is 0 Å². The number of hydrogen-bond donors (Lipinski definition) is 2. The zero-order chi connectivity index (χ0) is 14.8. The molecule has 0 saturated heterocycles. The minimum Gasteiger partial charge on any atom is -0.478 e. The highest BCUT2D eigenvalue weighted by Gasteiger charge is 2.24. The number of aromatic carboxylic acids is 1. The second-order valence-electron chi connectivity index (χ2n) is 4.77. The molecule has 0 radical (unpaired) electrons. The number of non-ortho nitro benzene ring substituents is 1. The van der Waals surface area contributed by atoms with E-state index in [1.54, 1.807) is 0 Å². The second-order valence-corrected chi connectivity index (χ2v) is 5.18. The third-order valence-electron chi connectivity index (χ3n) is 2.86. The average Bonchev–Trinajstić information content (AvgIpc) is 2.30. The molecule has 1 rings (SSSR count). The number of benzene rings is 1. The number of carbonyl (C=O) groups is 1. The van der Waals surface area contributed by atoms with Gasteiger partial charge in [0.15, 0.2) is 0 Å². The van der Waals surface area contributed by atoms with E-state index in [0.717, 1.165) is 18.6 Å². The Labute approximate surface area is 115 Å². The van der Waals surface area contributed by atoms with Gasteiger partial charge in [0.25, 0.3) is 5.69 Å². The van der Waals surface area contributed by atoms with Gasteiger partial charge in [0.2, 0.25) is 0 Å². The standard InChI is InChI=1S/C12H15ClN2O4/c1-4-12(2,3)14-10-8(11(16)17)5-7(15(18)19)6-9(10)13/h5-6,14H,4H2,1-3H3,(H,16,17). The lowest BCUT2D eigenvalue weighted by molar-refractivity contribution is -0.384. The minimum absolute atomic E-state index is 0.0214. The Bertz CT molecular complexity index is 529. The number of rotatable bonds is 5. The SMILES string of the molecule is CCC(C)(C)Nc1c(Cl)cc([N+](=O)[O-])cc1C(=O)O. The highest BCUT2D eigenvalue weighted by atomic mass is 35.5. The number of anilines is 1. The van der Waals surface area contributed by atoms with Gasteiger partial charge in [-0.3, -0.25) is 10.1 Å². The predicted octanol–water partition coefficient (Wildman–Crippen LogP) is 3.55. The lowest BCUT2D eigenvalue weighted by Crippen LogP contribution is -2.30. The molecule has 7 heteroatoms. The Morgan fingerprint density at radius 2 is 2.11 bits per heavy atom. The summed E-state index contributed by atoms with van der Waals surface area (Å²) in [7, 11) is 0. The summed E-state index contributed by atoms with van der Waals surface area (Å²) in [6, 6.07) is 2.14. The first-order valence-corrected chi connectivity index (χ1v) is 6.05. The highest BCUT2D eigenvalue weighted by molar-refractivity contribution is 6.34. The summed E-state index contributed by atoms with van der Waals surface area (Å²) in [4.78, 5) is 21.2. The van der Waals surface area contributed by atoms with Gasteiger partial charge in [-0.05, 0) is 20.3 Å². The van der Waals surface area contributed by atoms with Gasteiger partial charge in [-0.15, -0.1) is 0 Å². The summed E-state index contributed by atoms with van der Waals surface area (Å²) in [5.74, 6) is -1.26. The Morgan fingerprint density at radius 3 is 2.53 bits per heavy atom. The smallest absolute Gasteiger partial charge is 0.338 e. The van der Waals surface area contributed by atoms with E-state index in [4.69, 9.17) is 16.7 Å². The van der Waals surface area contributed by atoms with Crippen LogP contribution in [0.3, 0.4) is 0 Å². The van der Waals surface area contributed by atoms with Crippen LogP contribution in [0.15, 0.2) is 12.1 Å². The number of nitro groups is 1. The molecule has 0 spiro atoms. The fourth-order valence-electron chi connectivity index (χ4n) is 1.42. The van der Waals surface area contributed by atoms with E-state index in [1.807, 2.05) is 20.8 Å². The molecule has 1 aromatic carbocycles. The first kappa shape index (κ1) is 15.2. The molecular formula is C12H15ClN2O4. The molecule has 0 heterocycles. The molecule has 0 saturated carbocycles. The van der Waals surface area contributed by atoms with Gasteiger partial charge in [0.05, 0.1) is 21.2 Å². The van der Waals surface area contributed by atoms with Crippen molar-refractivity contribution in [3.8, 4) is 0 Å². The fourth-order valence-corrected chi connectivity index (χ4v) is 1.68. The summed E-state index contributed by atoms with van der Waals surface area (Å²) in [6.45, 7) is 5.71. The van der Waals surface area contributed by atoms with Gasteiger partial charge in [-0.25, -0.2) is 4.79 Å². The molecule has 0 fully saturated rings. The van der Waals surface area contributed by atoms with Crippen molar-refractivity contribution in [1.29, 1.82) is 0 Å². The number of nitrogens with zero attached hydrogens (tertiary/aromatic N) is 1. The van der Waals surface area contributed by atoms with Crippen LogP contribution in [-0.2, 0) is 0 Å². The lowest BCUT2D eigenvalue weighted by Gasteiger charge is -2.27. The molecule has 1 aromatic rings. The summed E-state index contributed by atoms with van der Waals surface area (Å²) >= 11 is 5.96. The Hall–Kier alpha value is -1.82. The van der Waals surface area contributed by atoms with Crippen molar-refractivity contribution in [3.05, 3.63) is 32.8 Å². The largest absolute Gasteiger partial charge is 0.478 e. The van der Waals surface area contributed by atoms with Gasteiger partial charge in [0.1, 0.15) is 0 Å². The summed E-state index contributed by atoms with van der Waals surface area (Å²) in [5, 5.41) is 22.9. The molecular weight excluding hydrogens is 272 g/mol. The van der Waals surface area contributed by atoms with Gasteiger partial charge < -0.3 is 10.4 Å². The number of nitro benzene ring substituents is 1. The number of carboxylic acids is 1. The molecule has 0 aliphatic rings. The molecule has 0 aromatic heterocycles. The summed E-state index contributed by atoms with van der Waals surface area (Å²) in [6.07, 6.45) is 0.735. The molecule has 0 unspecified atom stereocenters. The third-order valence-corrected chi connectivity index (χ3v) is 3.16. The van der Waals surface area contributed by atoms with Crippen molar-refractivity contribution in [2.24, 2.45) is 0 Å². The third kappa shape index (κ3) is 3.57. The molecule has 0 aliphatic heterocycles. The second kappa shape index (κ2) is 5.44. The van der Waals surface area contributed by atoms with E-state index < -0.39 is 10.9 Å². The Balaban J connectivity index is 3.38. The van der Waals surface area contributed by atoms with Crippen LogP contribution in [0.1, 0.15) is 37.6 Å². The number of carboxylic acid groups (broad SMARTS) is 1. The molecule has 104 valence electrons. The topological polar surface area (TPSA) is 92.5 Å². The van der Waals surface area contributed by atoms with Crippen molar-refractivity contribution in [2.45, 2.75) is 32.7 Å². The molecule has 2 N–H and O–H groups in total. The Morgan fingerprint density at radius 1 is 1.53 bits per heavy atom. The van der Waals surface area contributed by atoms with Crippen LogP contribution in [0.5, 0.6) is 0 Å². The van der Waals surface area contributed by atoms with E-state index in [2.05, 4.69) is 5.32 Å². The molecule has 19 heavy (non-hydrogen) atoms. The zero-order valence-corrected chi connectivity index (χ0v) is 11.6. The van der Waals surface area contributed by atoms with Gasteiger partial charge >= 0.3 is 5.97 Å². The molecule has 6 nitrogen and oxygen atoms in total. The molecule has 0 atom stereocenters. The molecule has 0 amide bonds. The van der Waals surface area contributed by atoms with E-state index in [-0.39, 0.29) is 27.5 Å². The number of nitrogens with one attached hydrogen (secondary N) is 1. The Kier molecular flexibility index (Phi) is 4.36. The number of hydrogen-bond acceptors (Lipinski definition) is 4. The van der Waals surface area contributed by atoms with Crippen molar-refractivity contribution in [2.75, 3.05) is 5.32 Å². The normalized spacial score (nSPS) is 11.2. The van der Waals surface area contributed by atoms with Crippen LogP contribution in [0.25, 0.3) is 0 Å². The first-order chi connectivity index (χ1) is 8.68. The van der Waals surface area contributed by atoms with Gasteiger partial charge in [-0.1, -0.05) is 18.5 Å². The summed E-state index contributed by atoms with van der Waals surface area (Å²) in [5.41, 5.74) is -0.723. The van der Waals surface area contributed by atoms with Gasteiger partial charge in [-0.2, -0.15) is 0 Å². The maximum Gasteiger partial charge on any atom is 0.338 e. The maximum atomic E-state index is 11.2. The first-order valence-electron chi connectivity index (χ1n) is 5.67. The van der Waals surface area contributed by atoms with Crippen LogP contribution in [-0.4, -0.2) is 21.5 Å². The van der Waals surface area contributed by atoms with E-state index in [1.165, 1.54) is 0 Å². The van der Waals surface area contributed by atoms with E-state index in [0.29, 0.717) is 0 Å². The monoisotopic (exact) mass is 286 g/mol. The zero-order valence-electron chi connectivity index (χ0n) is 10.9. The van der Waals surface area contributed by atoms with Crippen molar-refractivity contribution < 1.29 is 14.8 Å². The van der Waals surface area contributed by atoms with Crippen LogP contribution in [0.2, 0.25) is 5.02 Å². The fraction of sp³-hybridized carbons (Fsp3) is 0.417. The van der Waals surface area contributed by atoms with Crippen LogP contribution >= 0.6 is 11.6 Å². The number of halogens is 1. The van der Waals surface area contributed by atoms with Crippen LogP contribution < -0.4 is 5.32 Å². The minimum atomic E-state index is -1.26. The van der Waals surface area contributed by atoms with E-state index in [9.17, 15) is 14.9 Å². The van der Waals surface area contributed by atoms with Crippen LogP contribution in [0, 0.1) is 10.1 Å². The predicted molar refractivity (Wildman–Crippen MR) is 73.1 cm³/mol. The lowest BCUT2D eigenvalue weighted by atomic mass is 10.0. The maximum absolute atomic E-state index is 11.2. The quantitative estimate of drug-likeness (QED) is 0.638. The summed E-state index contributed by atoms with van der Waals surface area (Å²) < 4.78 is 0. The highest BCUT2D eigenvalue weighted by Crippen LogP contribution is 2.33. The van der Waals surface area contributed by atoms with E-state index >= 15 is 0 Å². The van der Waals surface area contributed by atoms with Crippen molar-refractivity contribution in [3.63, 3.8) is 0 Å². The van der Waals surface area contributed by atoms with Crippen molar-refractivity contribution >= 4 is 28.9 Å². The molecule has 0 aliphatic carbocycles. The van der Waals surface area contributed by atoms with Crippen LogP contribution in [0.4, 0.5) is 11.4 Å². The molecule has 0 bridgehead atoms. The van der Waals surface area contributed by atoms with Gasteiger partial charge in [0, 0.05) is 17.7 Å². The average molecular weight is 287 g/mol.